The van der Waals surface area contributed by atoms with E-state index in [1.54, 1.807) is 0 Å². The SMILES string of the molecule is CCNc1nc(NCC2CCC(C)C2)nc(N(C)C)n1. The first-order chi connectivity index (χ1) is 9.58. The minimum absolute atomic E-state index is 0.633. The molecule has 1 aliphatic carbocycles. The molecule has 0 radical (unpaired) electrons. The zero-order valence-corrected chi connectivity index (χ0v) is 13.0. The van der Waals surface area contributed by atoms with E-state index < -0.39 is 0 Å². The average Bonchev–Trinajstić information content (AvgIpc) is 2.82. The number of hydrogen-bond donors (Lipinski definition) is 2. The number of hydrogen-bond acceptors (Lipinski definition) is 6. The summed E-state index contributed by atoms with van der Waals surface area (Å²) in [6.07, 6.45) is 3.95. The van der Waals surface area contributed by atoms with Crippen LogP contribution in [0.3, 0.4) is 0 Å². The van der Waals surface area contributed by atoms with Gasteiger partial charge in [0.15, 0.2) is 0 Å². The number of nitrogens with zero attached hydrogens (tertiary/aromatic N) is 4. The van der Waals surface area contributed by atoms with Gasteiger partial charge in [0, 0.05) is 27.2 Å². The van der Waals surface area contributed by atoms with Crippen LogP contribution in [-0.4, -0.2) is 42.1 Å². The smallest absolute Gasteiger partial charge is 0.231 e. The van der Waals surface area contributed by atoms with E-state index in [1.165, 1.54) is 19.3 Å². The van der Waals surface area contributed by atoms with Gasteiger partial charge in [-0.05, 0) is 31.6 Å². The lowest BCUT2D eigenvalue weighted by molar-refractivity contribution is 0.536. The molecule has 0 aliphatic heterocycles. The highest BCUT2D eigenvalue weighted by atomic mass is 15.3. The molecule has 1 aromatic heterocycles. The molecule has 112 valence electrons. The standard InChI is InChI=1S/C14H26N6/c1-5-15-12-17-13(19-14(18-12)20(3)4)16-9-11-7-6-10(2)8-11/h10-11H,5-9H2,1-4H3,(H2,15,16,17,18,19). The summed E-state index contributed by atoms with van der Waals surface area (Å²) < 4.78 is 0. The highest BCUT2D eigenvalue weighted by Gasteiger charge is 2.21. The molecule has 0 bridgehead atoms. The topological polar surface area (TPSA) is 66.0 Å². The largest absolute Gasteiger partial charge is 0.354 e. The molecule has 6 nitrogen and oxygen atoms in total. The van der Waals surface area contributed by atoms with Crippen molar-refractivity contribution >= 4 is 17.8 Å². The van der Waals surface area contributed by atoms with E-state index in [1.807, 2.05) is 25.9 Å². The Hall–Kier alpha value is -1.59. The van der Waals surface area contributed by atoms with Gasteiger partial charge < -0.3 is 15.5 Å². The summed E-state index contributed by atoms with van der Waals surface area (Å²) in [5.41, 5.74) is 0. The third kappa shape index (κ3) is 3.95. The average molecular weight is 278 g/mol. The summed E-state index contributed by atoms with van der Waals surface area (Å²) >= 11 is 0. The molecule has 6 heteroatoms. The minimum atomic E-state index is 0.633. The maximum absolute atomic E-state index is 4.45. The molecular formula is C14H26N6. The Bertz CT molecular complexity index is 434. The van der Waals surface area contributed by atoms with Crippen molar-refractivity contribution < 1.29 is 0 Å². The lowest BCUT2D eigenvalue weighted by atomic mass is 10.1. The Labute approximate surface area is 121 Å². The lowest BCUT2D eigenvalue weighted by Gasteiger charge is -2.15. The number of rotatable bonds is 6. The fraction of sp³-hybridized carbons (Fsp3) is 0.786. The fourth-order valence-corrected chi connectivity index (χ4v) is 2.63. The summed E-state index contributed by atoms with van der Waals surface area (Å²) in [5, 5.41) is 6.52. The van der Waals surface area contributed by atoms with Gasteiger partial charge in [-0.15, -0.1) is 0 Å². The molecule has 1 aromatic rings. The van der Waals surface area contributed by atoms with Crippen molar-refractivity contribution in [3.8, 4) is 0 Å². The quantitative estimate of drug-likeness (QED) is 0.832. The van der Waals surface area contributed by atoms with E-state index in [4.69, 9.17) is 0 Å². The van der Waals surface area contributed by atoms with Gasteiger partial charge in [-0.1, -0.05) is 13.3 Å². The third-order valence-electron chi connectivity index (χ3n) is 3.71. The van der Waals surface area contributed by atoms with Crippen LogP contribution in [0, 0.1) is 11.8 Å². The van der Waals surface area contributed by atoms with Crippen LogP contribution in [0.25, 0.3) is 0 Å². The molecule has 0 spiro atoms. The molecular weight excluding hydrogens is 252 g/mol. The van der Waals surface area contributed by atoms with Crippen LogP contribution < -0.4 is 15.5 Å². The first-order valence-electron chi connectivity index (χ1n) is 7.49. The predicted octanol–water partition coefficient (Wildman–Crippen LogP) is 2.22. The first-order valence-corrected chi connectivity index (χ1v) is 7.49. The maximum atomic E-state index is 4.45. The second kappa shape index (κ2) is 6.72. The fourth-order valence-electron chi connectivity index (χ4n) is 2.63. The van der Waals surface area contributed by atoms with E-state index in [9.17, 15) is 0 Å². The van der Waals surface area contributed by atoms with Crippen molar-refractivity contribution in [2.24, 2.45) is 11.8 Å². The van der Waals surface area contributed by atoms with Crippen molar-refractivity contribution in [3.05, 3.63) is 0 Å². The van der Waals surface area contributed by atoms with Gasteiger partial charge in [-0.3, -0.25) is 0 Å². The first kappa shape index (κ1) is 14.8. The van der Waals surface area contributed by atoms with Gasteiger partial charge in [0.2, 0.25) is 17.8 Å². The van der Waals surface area contributed by atoms with Crippen LogP contribution in [0.4, 0.5) is 17.8 Å². The van der Waals surface area contributed by atoms with E-state index in [0.29, 0.717) is 17.8 Å². The number of anilines is 3. The van der Waals surface area contributed by atoms with Crippen LogP contribution in [0.1, 0.15) is 33.1 Å². The summed E-state index contributed by atoms with van der Waals surface area (Å²) in [6, 6.07) is 0. The Morgan fingerprint density at radius 1 is 1.10 bits per heavy atom. The molecule has 0 saturated heterocycles. The van der Waals surface area contributed by atoms with Crippen molar-refractivity contribution in [3.63, 3.8) is 0 Å². The van der Waals surface area contributed by atoms with Crippen LogP contribution >= 0.6 is 0 Å². The molecule has 1 aliphatic rings. The highest BCUT2D eigenvalue weighted by Crippen LogP contribution is 2.30. The molecule has 2 rings (SSSR count). The molecule has 1 fully saturated rings. The Morgan fingerprint density at radius 3 is 2.35 bits per heavy atom. The van der Waals surface area contributed by atoms with Crippen LogP contribution in [-0.2, 0) is 0 Å². The van der Waals surface area contributed by atoms with Crippen molar-refractivity contribution in [2.45, 2.75) is 33.1 Å². The second-order valence-corrected chi connectivity index (χ2v) is 5.87. The van der Waals surface area contributed by atoms with Gasteiger partial charge in [-0.2, -0.15) is 15.0 Å². The molecule has 1 heterocycles. The second-order valence-electron chi connectivity index (χ2n) is 5.87. The van der Waals surface area contributed by atoms with Crippen LogP contribution in [0.5, 0.6) is 0 Å². The Morgan fingerprint density at radius 2 is 1.80 bits per heavy atom. The molecule has 0 amide bonds. The van der Waals surface area contributed by atoms with E-state index in [-0.39, 0.29) is 0 Å². The predicted molar refractivity (Wildman–Crippen MR) is 83.3 cm³/mol. The monoisotopic (exact) mass is 278 g/mol. The maximum Gasteiger partial charge on any atom is 0.231 e. The molecule has 1 saturated carbocycles. The number of nitrogens with one attached hydrogen (secondary N) is 2. The van der Waals surface area contributed by atoms with E-state index in [0.717, 1.165) is 24.9 Å². The summed E-state index contributed by atoms with van der Waals surface area (Å²) in [6.45, 7) is 6.12. The van der Waals surface area contributed by atoms with Gasteiger partial charge >= 0.3 is 0 Å². The van der Waals surface area contributed by atoms with Crippen molar-refractivity contribution in [1.82, 2.24) is 15.0 Å². The molecule has 20 heavy (non-hydrogen) atoms. The summed E-state index contributed by atoms with van der Waals surface area (Å²) in [7, 11) is 3.88. The normalized spacial score (nSPS) is 21.8. The highest BCUT2D eigenvalue weighted by molar-refractivity contribution is 5.42. The molecule has 2 N–H and O–H groups in total. The Kier molecular flexibility index (Phi) is 4.98. The van der Waals surface area contributed by atoms with Crippen molar-refractivity contribution in [2.75, 3.05) is 42.7 Å². The van der Waals surface area contributed by atoms with Crippen LogP contribution in [0.15, 0.2) is 0 Å². The number of aromatic nitrogens is 3. The zero-order chi connectivity index (χ0) is 14.5. The van der Waals surface area contributed by atoms with Gasteiger partial charge in [-0.25, -0.2) is 0 Å². The third-order valence-corrected chi connectivity index (χ3v) is 3.71. The van der Waals surface area contributed by atoms with Gasteiger partial charge in [0.25, 0.3) is 0 Å². The molecule has 2 unspecified atom stereocenters. The lowest BCUT2D eigenvalue weighted by Crippen LogP contribution is -2.19. The summed E-state index contributed by atoms with van der Waals surface area (Å²) in [5.74, 6) is 3.58. The Balaban J connectivity index is 2.02. The zero-order valence-electron chi connectivity index (χ0n) is 13.0. The van der Waals surface area contributed by atoms with Gasteiger partial charge in [0.1, 0.15) is 0 Å². The minimum Gasteiger partial charge on any atom is -0.354 e. The molecule has 2 atom stereocenters. The summed E-state index contributed by atoms with van der Waals surface area (Å²) in [4.78, 5) is 15.1. The van der Waals surface area contributed by atoms with Crippen molar-refractivity contribution in [1.29, 1.82) is 0 Å². The van der Waals surface area contributed by atoms with E-state index in [2.05, 4.69) is 32.5 Å². The molecule has 0 aromatic carbocycles. The van der Waals surface area contributed by atoms with Crippen LogP contribution in [0.2, 0.25) is 0 Å². The van der Waals surface area contributed by atoms with Gasteiger partial charge in [0.05, 0.1) is 0 Å². The van der Waals surface area contributed by atoms with E-state index >= 15 is 0 Å².